The van der Waals surface area contributed by atoms with Crippen molar-refractivity contribution < 1.29 is 8.42 Å². The summed E-state index contributed by atoms with van der Waals surface area (Å²) in [5.74, 6) is 0.392. The Kier molecular flexibility index (Phi) is 3.52. The molecule has 0 unspecified atom stereocenters. The molecule has 1 aliphatic rings. The predicted molar refractivity (Wildman–Crippen MR) is 81.7 cm³/mol. The van der Waals surface area contributed by atoms with Gasteiger partial charge < -0.3 is 4.98 Å². The number of nitrogens with one attached hydrogen (secondary N) is 1. The second kappa shape index (κ2) is 5.06. The molecule has 108 valence electrons. The molecule has 1 aromatic heterocycles. The summed E-state index contributed by atoms with van der Waals surface area (Å²) in [6.45, 7) is 1.19. The standard InChI is InChI=1S/C14H17ClN2O2S/c1-20(18,19)17-8-5-10(6-9-17)11-2-3-13(15)14-12(11)4-7-16-14/h2-4,7,10,16H,5-6,8-9H2,1H3. The number of H-pyrrole nitrogens is 1. The fraction of sp³-hybridized carbons (Fsp3) is 0.429. The molecule has 0 saturated carbocycles. The minimum Gasteiger partial charge on any atom is -0.360 e. The van der Waals surface area contributed by atoms with Gasteiger partial charge in [0, 0.05) is 24.7 Å². The first-order valence-corrected chi connectivity index (χ1v) is 8.90. The average molecular weight is 313 g/mol. The van der Waals surface area contributed by atoms with E-state index in [2.05, 4.69) is 11.1 Å². The second-order valence-corrected chi connectivity index (χ2v) is 7.73. The molecule has 6 heteroatoms. The van der Waals surface area contributed by atoms with Crippen molar-refractivity contribution >= 4 is 32.5 Å². The molecule has 0 bridgehead atoms. The number of halogens is 1. The van der Waals surface area contributed by atoms with E-state index < -0.39 is 10.0 Å². The largest absolute Gasteiger partial charge is 0.360 e. The highest BCUT2D eigenvalue weighted by molar-refractivity contribution is 7.88. The van der Waals surface area contributed by atoms with Crippen molar-refractivity contribution in [1.82, 2.24) is 9.29 Å². The number of aromatic amines is 1. The number of hydrogen-bond acceptors (Lipinski definition) is 2. The Morgan fingerprint density at radius 2 is 1.95 bits per heavy atom. The van der Waals surface area contributed by atoms with Gasteiger partial charge >= 0.3 is 0 Å². The topological polar surface area (TPSA) is 53.2 Å². The van der Waals surface area contributed by atoms with Crippen LogP contribution in [0.2, 0.25) is 5.02 Å². The molecule has 2 aromatic rings. The molecule has 1 N–H and O–H groups in total. The lowest BCUT2D eigenvalue weighted by Gasteiger charge is -2.30. The Hall–Kier alpha value is -1.04. The molecule has 3 rings (SSSR count). The van der Waals surface area contributed by atoms with E-state index in [0.717, 1.165) is 28.8 Å². The fourth-order valence-electron chi connectivity index (χ4n) is 3.00. The van der Waals surface area contributed by atoms with Crippen molar-refractivity contribution in [3.05, 3.63) is 35.0 Å². The van der Waals surface area contributed by atoms with Gasteiger partial charge in [0.15, 0.2) is 0 Å². The van der Waals surface area contributed by atoms with Crippen molar-refractivity contribution in [2.75, 3.05) is 19.3 Å². The molecule has 0 amide bonds. The SMILES string of the molecule is CS(=O)(=O)N1CCC(c2ccc(Cl)c3[nH]ccc23)CC1. The van der Waals surface area contributed by atoms with Gasteiger partial charge in [-0.25, -0.2) is 12.7 Å². The Balaban J connectivity index is 1.87. The maximum Gasteiger partial charge on any atom is 0.211 e. The molecule has 1 aliphatic heterocycles. The maximum absolute atomic E-state index is 11.5. The zero-order chi connectivity index (χ0) is 14.3. The lowest BCUT2D eigenvalue weighted by Crippen LogP contribution is -2.37. The van der Waals surface area contributed by atoms with E-state index in [1.165, 1.54) is 11.8 Å². The van der Waals surface area contributed by atoms with E-state index in [1.54, 1.807) is 4.31 Å². The van der Waals surface area contributed by atoms with Crippen LogP contribution >= 0.6 is 11.6 Å². The van der Waals surface area contributed by atoms with E-state index in [9.17, 15) is 8.42 Å². The molecule has 2 heterocycles. The second-order valence-electron chi connectivity index (χ2n) is 5.34. The number of piperidine rings is 1. The van der Waals surface area contributed by atoms with Crippen molar-refractivity contribution in [3.63, 3.8) is 0 Å². The summed E-state index contributed by atoms with van der Waals surface area (Å²) in [7, 11) is -3.06. The van der Waals surface area contributed by atoms with E-state index in [-0.39, 0.29) is 0 Å². The average Bonchev–Trinajstić information content (AvgIpc) is 2.88. The van der Waals surface area contributed by atoms with Crippen LogP contribution in [0, 0.1) is 0 Å². The van der Waals surface area contributed by atoms with Crippen LogP contribution in [0.5, 0.6) is 0 Å². The van der Waals surface area contributed by atoms with E-state index in [0.29, 0.717) is 19.0 Å². The number of sulfonamides is 1. The highest BCUT2D eigenvalue weighted by atomic mass is 35.5. The molecular weight excluding hydrogens is 296 g/mol. The molecule has 1 aromatic carbocycles. The van der Waals surface area contributed by atoms with Crippen LogP contribution in [0.15, 0.2) is 24.4 Å². The molecular formula is C14H17ClN2O2S. The third-order valence-electron chi connectivity index (χ3n) is 4.07. The van der Waals surface area contributed by atoms with Gasteiger partial charge in [-0.3, -0.25) is 0 Å². The van der Waals surface area contributed by atoms with Gasteiger partial charge in [-0.2, -0.15) is 0 Å². The van der Waals surface area contributed by atoms with E-state index >= 15 is 0 Å². The van der Waals surface area contributed by atoms with E-state index in [1.807, 2.05) is 18.3 Å². The Labute approximate surface area is 123 Å². The maximum atomic E-state index is 11.5. The molecule has 0 spiro atoms. The van der Waals surface area contributed by atoms with Crippen molar-refractivity contribution in [1.29, 1.82) is 0 Å². The van der Waals surface area contributed by atoms with Crippen LogP contribution in [0.25, 0.3) is 10.9 Å². The number of benzene rings is 1. The Morgan fingerprint density at radius 3 is 2.60 bits per heavy atom. The van der Waals surface area contributed by atoms with Gasteiger partial charge in [-0.05, 0) is 36.5 Å². The van der Waals surface area contributed by atoms with Gasteiger partial charge in [0.05, 0.1) is 16.8 Å². The fourth-order valence-corrected chi connectivity index (χ4v) is 4.09. The molecule has 1 saturated heterocycles. The first-order chi connectivity index (χ1) is 9.47. The first kappa shape index (κ1) is 13.9. The normalized spacial score (nSPS) is 18.7. The lowest BCUT2D eigenvalue weighted by molar-refractivity contribution is 0.322. The Morgan fingerprint density at radius 1 is 1.25 bits per heavy atom. The molecule has 20 heavy (non-hydrogen) atoms. The Bertz CT molecular complexity index is 731. The van der Waals surface area contributed by atoms with Gasteiger partial charge in [-0.15, -0.1) is 0 Å². The lowest BCUT2D eigenvalue weighted by atomic mass is 9.88. The van der Waals surface area contributed by atoms with Gasteiger partial charge in [-0.1, -0.05) is 17.7 Å². The van der Waals surface area contributed by atoms with Crippen LogP contribution in [0.4, 0.5) is 0 Å². The predicted octanol–water partition coefficient (Wildman–Crippen LogP) is 2.96. The summed E-state index contributed by atoms with van der Waals surface area (Å²) >= 11 is 6.17. The summed E-state index contributed by atoms with van der Waals surface area (Å²) in [6.07, 6.45) is 4.88. The van der Waals surface area contributed by atoms with Gasteiger partial charge in [0.1, 0.15) is 0 Å². The molecule has 4 nitrogen and oxygen atoms in total. The van der Waals surface area contributed by atoms with Crippen molar-refractivity contribution in [2.24, 2.45) is 0 Å². The third kappa shape index (κ3) is 2.45. The van der Waals surface area contributed by atoms with Gasteiger partial charge in [0.2, 0.25) is 10.0 Å². The van der Waals surface area contributed by atoms with Crippen LogP contribution < -0.4 is 0 Å². The zero-order valence-corrected chi connectivity index (χ0v) is 12.8. The molecule has 0 aliphatic carbocycles. The highest BCUT2D eigenvalue weighted by Gasteiger charge is 2.26. The highest BCUT2D eigenvalue weighted by Crippen LogP contribution is 2.35. The van der Waals surface area contributed by atoms with E-state index in [4.69, 9.17) is 11.6 Å². The number of fused-ring (bicyclic) bond motifs is 1. The third-order valence-corrected chi connectivity index (χ3v) is 5.69. The summed E-state index contributed by atoms with van der Waals surface area (Å²) in [4.78, 5) is 3.16. The quantitative estimate of drug-likeness (QED) is 0.927. The molecule has 1 fully saturated rings. The monoisotopic (exact) mass is 312 g/mol. The number of rotatable bonds is 2. The minimum atomic E-state index is -3.06. The zero-order valence-electron chi connectivity index (χ0n) is 11.3. The number of aromatic nitrogens is 1. The van der Waals surface area contributed by atoms with Crippen LogP contribution in [0.1, 0.15) is 24.3 Å². The smallest absolute Gasteiger partial charge is 0.211 e. The molecule has 0 atom stereocenters. The number of hydrogen-bond donors (Lipinski definition) is 1. The summed E-state index contributed by atoms with van der Waals surface area (Å²) < 4.78 is 24.7. The minimum absolute atomic E-state index is 0.392. The first-order valence-electron chi connectivity index (χ1n) is 6.67. The summed E-state index contributed by atoms with van der Waals surface area (Å²) in [5.41, 5.74) is 2.23. The summed E-state index contributed by atoms with van der Waals surface area (Å²) in [6, 6.07) is 6.03. The molecule has 0 radical (unpaired) electrons. The number of nitrogens with zero attached hydrogens (tertiary/aromatic N) is 1. The van der Waals surface area contributed by atoms with Crippen molar-refractivity contribution in [2.45, 2.75) is 18.8 Å². The van der Waals surface area contributed by atoms with Crippen LogP contribution in [-0.2, 0) is 10.0 Å². The summed E-state index contributed by atoms with van der Waals surface area (Å²) in [5, 5.41) is 1.87. The van der Waals surface area contributed by atoms with Gasteiger partial charge in [0.25, 0.3) is 0 Å². The van der Waals surface area contributed by atoms with Crippen LogP contribution in [0.3, 0.4) is 0 Å². The van der Waals surface area contributed by atoms with Crippen molar-refractivity contribution in [3.8, 4) is 0 Å². The van der Waals surface area contributed by atoms with Crippen LogP contribution in [-0.4, -0.2) is 37.1 Å².